The van der Waals surface area contributed by atoms with Crippen molar-refractivity contribution in [2.24, 2.45) is 0 Å². The van der Waals surface area contributed by atoms with Crippen LogP contribution in [0.3, 0.4) is 0 Å². The smallest absolute Gasteiger partial charge is 0.259 e. The minimum absolute atomic E-state index is 0.240. The third kappa shape index (κ3) is 3.24. The second kappa shape index (κ2) is 6.04. The SMILES string of the molecule is CNc1ccncc1C(=O)Nc1ccc(Br)c(Cl)c1. The molecule has 1 amide bonds. The number of carbonyl (C=O) groups is 1. The lowest BCUT2D eigenvalue weighted by Gasteiger charge is -2.09. The molecular weight excluding hydrogens is 330 g/mol. The second-order valence-corrected chi connectivity index (χ2v) is 5.02. The molecule has 0 aliphatic carbocycles. The number of amides is 1. The summed E-state index contributed by atoms with van der Waals surface area (Å²) in [4.78, 5) is 16.1. The molecule has 0 bridgehead atoms. The molecule has 0 atom stereocenters. The highest BCUT2D eigenvalue weighted by molar-refractivity contribution is 9.10. The lowest BCUT2D eigenvalue weighted by molar-refractivity contribution is 0.102. The third-order valence-corrected chi connectivity index (χ3v) is 3.74. The van der Waals surface area contributed by atoms with Crippen molar-refractivity contribution >= 4 is 44.8 Å². The average Bonchev–Trinajstić information content (AvgIpc) is 2.43. The summed E-state index contributed by atoms with van der Waals surface area (Å²) in [5.41, 5.74) is 1.82. The van der Waals surface area contributed by atoms with Gasteiger partial charge in [0.05, 0.1) is 10.6 Å². The van der Waals surface area contributed by atoms with Crippen molar-refractivity contribution in [3.05, 3.63) is 51.7 Å². The van der Waals surface area contributed by atoms with Gasteiger partial charge in [0.2, 0.25) is 0 Å². The minimum atomic E-state index is -0.240. The van der Waals surface area contributed by atoms with Gasteiger partial charge in [-0.1, -0.05) is 11.6 Å². The molecule has 1 heterocycles. The number of carbonyl (C=O) groups excluding carboxylic acids is 1. The molecule has 6 heteroatoms. The van der Waals surface area contributed by atoms with Crippen LogP contribution >= 0.6 is 27.5 Å². The molecule has 0 saturated heterocycles. The van der Waals surface area contributed by atoms with Gasteiger partial charge in [-0.25, -0.2) is 0 Å². The molecule has 0 aliphatic heterocycles. The summed E-state index contributed by atoms with van der Waals surface area (Å²) in [7, 11) is 1.75. The van der Waals surface area contributed by atoms with Gasteiger partial charge in [-0.2, -0.15) is 0 Å². The Morgan fingerprint density at radius 1 is 1.37 bits per heavy atom. The predicted octanol–water partition coefficient (Wildman–Crippen LogP) is 3.79. The van der Waals surface area contributed by atoms with Crippen LogP contribution in [-0.2, 0) is 0 Å². The molecule has 0 fully saturated rings. The third-order valence-electron chi connectivity index (χ3n) is 2.51. The summed E-state index contributed by atoms with van der Waals surface area (Å²) in [5, 5.41) is 6.26. The van der Waals surface area contributed by atoms with E-state index in [-0.39, 0.29) is 5.91 Å². The maximum absolute atomic E-state index is 12.1. The summed E-state index contributed by atoms with van der Waals surface area (Å²) in [6.45, 7) is 0. The van der Waals surface area contributed by atoms with Crippen molar-refractivity contribution in [2.75, 3.05) is 17.7 Å². The van der Waals surface area contributed by atoms with Crippen LogP contribution in [0.15, 0.2) is 41.1 Å². The zero-order valence-corrected chi connectivity index (χ0v) is 12.4. The highest BCUT2D eigenvalue weighted by Gasteiger charge is 2.11. The van der Waals surface area contributed by atoms with Crippen LogP contribution in [0.4, 0.5) is 11.4 Å². The fraction of sp³-hybridized carbons (Fsp3) is 0.0769. The summed E-state index contributed by atoms with van der Waals surface area (Å²) < 4.78 is 0.782. The van der Waals surface area contributed by atoms with Crippen LogP contribution in [-0.4, -0.2) is 17.9 Å². The summed E-state index contributed by atoms with van der Waals surface area (Å²) in [6.07, 6.45) is 3.14. The molecule has 0 radical (unpaired) electrons. The fourth-order valence-corrected chi connectivity index (χ4v) is 1.99. The number of anilines is 2. The summed E-state index contributed by atoms with van der Waals surface area (Å²) in [6, 6.07) is 6.96. The number of nitrogens with zero attached hydrogens (tertiary/aromatic N) is 1. The lowest BCUT2D eigenvalue weighted by atomic mass is 10.2. The van der Waals surface area contributed by atoms with Gasteiger partial charge in [0.15, 0.2) is 0 Å². The summed E-state index contributed by atoms with van der Waals surface area (Å²) >= 11 is 9.28. The highest BCUT2D eigenvalue weighted by Crippen LogP contribution is 2.26. The monoisotopic (exact) mass is 339 g/mol. The number of halogens is 2. The molecule has 1 aromatic carbocycles. The highest BCUT2D eigenvalue weighted by atomic mass is 79.9. The van der Waals surface area contributed by atoms with Crippen molar-refractivity contribution in [1.82, 2.24) is 4.98 Å². The first-order valence-corrected chi connectivity index (χ1v) is 6.67. The number of hydrogen-bond acceptors (Lipinski definition) is 3. The first kappa shape index (κ1) is 13.8. The van der Waals surface area contributed by atoms with Crippen molar-refractivity contribution in [1.29, 1.82) is 0 Å². The molecule has 0 spiro atoms. The first-order chi connectivity index (χ1) is 9.11. The van der Waals surface area contributed by atoms with Crippen LogP contribution in [0.1, 0.15) is 10.4 Å². The van der Waals surface area contributed by atoms with E-state index >= 15 is 0 Å². The Hall–Kier alpha value is -1.59. The molecule has 4 nitrogen and oxygen atoms in total. The van der Waals surface area contributed by atoms with E-state index in [4.69, 9.17) is 11.6 Å². The Morgan fingerprint density at radius 2 is 2.16 bits per heavy atom. The molecule has 98 valence electrons. The maximum atomic E-state index is 12.1. The van der Waals surface area contributed by atoms with Crippen molar-refractivity contribution in [2.45, 2.75) is 0 Å². The molecule has 0 unspecified atom stereocenters. The van der Waals surface area contributed by atoms with E-state index < -0.39 is 0 Å². The Bertz CT molecular complexity index is 619. The van der Waals surface area contributed by atoms with Gasteiger partial charge >= 0.3 is 0 Å². The van der Waals surface area contributed by atoms with E-state index in [9.17, 15) is 4.79 Å². The maximum Gasteiger partial charge on any atom is 0.259 e. The number of nitrogens with one attached hydrogen (secondary N) is 2. The molecule has 2 N–H and O–H groups in total. The van der Waals surface area contributed by atoms with E-state index in [0.29, 0.717) is 16.3 Å². The zero-order valence-electron chi connectivity index (χ0n) is 10.1. The van der Waals surface area contributed by atoms with Crippen LogP contribution in [0, 0.1) is 0 Å². The average molecular weight is 341 g/mol. The number of aromatic nitrogens is 1. The van der Waals surface area contributed by atoms with Gasteiger partial charge in [0.1, 0.15) is 0 Å². The van der Waals surface area contributed by atoms with Crippen molar-refractivity contribution in [3.8, 4) is 0 Å². The van der Waals surface area contributed by atoms with Gasteiger partial charge in [-0.3, -0.25) is 9.78 Å². The van der Waals surface area contributed by atoms with Crippen molar-refractivity contribution in [3.63, 3.8) is 0 Å². The largest absolute Gasteiger partial charge is 0.387 e. The van der Waals surface area contributed by atoms with Gasteiger partial charge in [0.25, 0.3) is 5.91 Å². The predicted molar refractivity (Wildman–Crippen MR) is 80.9 cm³/mol. The summed E-state index contributed by atoms with van der Waals surface area (Å²) in [5.74, 6) is -0.240. The number of benzene rings is 1. The molecule has 0 saturated carbocycles. The van der Waals surface area contributed by atoms with E-state index in [1.165, 1.54) is 6.20 Å². The van der Waals surface area contributed by atoms with Crippen LogP contribution in [0.2, 0.25) is 5.02 Å². The number of rotatable bonds is 3. The van der Waals surface area contributed by atoms with Gasteiger partial charge in [-0.05, 0) is 40.2 Å². The standard InChI is InChI=1S/C13H11BrClN3O/c1-16-12-4-5-17-7-9(12)13(19)18-8-2-3-10(14)11(15)6-8/h2-7H,1H3,(H,16,17)(H,18,19). The zero-order chi connectivity index (χ0) is 13.8. The van der Waals surface area contributed by atoms with E-state index in [1.54, 1.807) is 37.5 Å². The molecule has 2 aromatic rings. The Kier molecular flexibility index (Phi) is 4.39. The topological polar surface area (TPSA) is 54.0 Å². The Morgan fingerprint density at radius 3 is 2.84 bits per heavy atom. The van der Waals surface area contributed by atoms with E-state index in [2.05, 4.69) is 31.5 Å². The lowest BCUT2D eigenvalue weighted by Crippen LogP contribution is -2.14. The van der Waals surface area contributed by atoms with Gasteiger partial charge in [-0.15, -0.1) is 0 Å². The fourth-order valence-electron chi connectivity index (χ4n) is 1.57. The minimum Gasteiger partial charge on any atom is -0.387 e. The quantitative estimate of drug-likeness (QED) is 0.894. The van der Waals surface area contributed by atoms with E-state index in [1.807, 2.05) is 0 Å². The molecule has 2 rings (SSSR count). The Labute approximate surface area is 124 Å². The van der Waals surface area contributed by atoms with E-state index in [0.717, 1.165) is 10.2 Å². The van der Waals surface area contributed by atoms with Crippen LogP contribution in [0.5, 0.6) is 0 Å². The molecule has 0 aliphatic rings. The molecular formula is C13H11BrClN3O. The number of pyridine rings is 1. The first-order valence-electron chi connectivity index (χ1n) is 5.50. The second-order valence-electron chi connectivity index (χ2n) is 3.75. The van der Waals surface area contributed by atoms with Crippen LogP contribution < -0.4 is 10.6 Å². The molecule has 1 aromatic heterocycles. The van der Waals surface area contributed by atoms with Gasteiger partial charge in [0, 0.05) is 35.3 Å². The Balaban J connectivity index is 2.23. The van der Waals surface area contributed by atoms with Crippen LogP contribution in [0.25, 0.3) is 0 Å². The van der Waals surface area contributed by atoms with Gasteiger partial charge < -0.3 is 10.6 Å². The molecule has 19 heavy (non-hydrogen) atoms. The number of hydrogen-bond donors (Lipinski definition) is 2. The normalized spacial score (nSPS) is 10.1. The van der Waals surface area contributed by atoms with Crippen molar-refractivity contribution < 1.29 is 4.79 Å².